The van der Waals surface area contributed by atoms with Crippen molar-refractivity contribution < 1.29 is 110 Å². The van der Waals surface area contributed by atoms with Crippen LogP contribution in [0, 0.1) is 0 Å². The Morgan fingerprint density at radius 1 is 1.22 bits per heavy atom. The minimum absolute atomic E-state index is 0. The van der Waals surface area contributed by atoms with E-state index in [9.17, 15) is 10.2 Å². The monoisotopic (exact) mass is 620 g/mol. The summed E-state index contributed by atoms with van der Waals surface area (Å²) in [5.74, 6) is 0.616. The molecule has 0 amide bonds. The Bertz CT molecular complexity index is 952. The van der Waals surface area contributed by atoms with Gasteiger partial charge in [-0.15, -0.1) is 0 Å². The molecule has 1 heterocycles. The molecule has 1 aliphatic rings. The Morgan fingerprint density at radius 3 is 2.32 bits per heavy atom. The molecule has 1 fully saturated rings. The van der Waals surface area contributed by atoms with E-state index in [1.807, 2.05) is 30.3 Å². The van der Waals surface area contributed by atoms with Gasteiger partial charge in [-0.2, -0.15) is 12.7 Å². The molecular weight excluding hydrogens is 578 g/mol. The molecule has 0 bridgehead atoms. The smallest absolute Gasteiger partial charge is 0.793 e. The van der Waals surface area contributed by atoms with E-state index >= 15 is 0 Å². The minimum atomic E-state index is -0.775. The number of rotatable bonds is 12. The number of likely N-dealkylation sites (N-methyl/N-ethyl adjacent to an activating group) is 1. The summed E-state index contributed by atoms with van der Waals surface area (Å²) in [4.78, 5) is 17.5. The van der Waals surface area contributed by atoms with E-state index in [4.69, 9.17) is 31.7 Å². The van der Waals surface area contributed by atoms with Gasteiger partial charge in [0.05, 0.1) is 18.2 Å². The number of carbonyl (C=O) groups is 1. The number of hydrogen-bond acceptors (Lipinski definition) is 9. The first-order valence-electron chi connectivity index (χ1n) is 13.0. The number of aldehydes is 1. The maximum atomic E-state index is 10.8. The van der Waals surface area contributed by atoms with Crippen molar-refractivity contribution in [1.82, 2.24) is 10.6 Å². The molecule has 0 spiro atoms. The second kappa shape index (κ2) is 26.5. The number of nitrogens with one attached hydrogen (secondary N) is 2. The van der Waals surface area contributed by atoms with Crippen molar-refractivity contribution in [3.05, 3.63) is 66.7 Å². The average molecular weight is 621 g/mol. The number of hydrogen-bond donors (Lipinski definition) is 4. The van der Waals surface area contributed by atoms with Gasteiger partial charge in [-0.1, -0.05) is 67.6 Å². The Labute approximate surface area is 315 Å². The zero-order valence-electron chi connectivity index (χ0n) is 25.0. The maximum Gasteiger partial charge on any atom is 1.00 e. The number of aliphatic hydroxyl groups excluding tert-OH is 2. The van der Waals surface area contributed by atoms with Crippen LogP contribution in [0.2, 0.25) is 0 Å². The standard InChI is InChI=1S/C26H36N2O4S.C2H4O.C2H3O.K.Na/c1-18(19-9-11-21(12-10-19)20-7-4-3-5-8-20)28-14-13-22(29)26-25(27-2)23(30)17-24(32-26)31-15-6-16-33;2*1-2-3;;/h3-5,7-12,22-30,33H,1,6,13-17H2,2H3;2H,1H3;1H3;;/q;;-1;2*+1/p-1/t22?,23?,24?,25-,26?;;;;/m1..../s1. The Morgan fingerprint density at radius 2 is 1.78 bits per heavy atom. The molecule has 1 saturated heterocycles. The molecule has 0 saturated carbocycles. The second-order valence-corrected chi connectivity index (χ2v) is 9.13. The summed E-state index contributed by atoms with van der Waals surface area (Å²) in [5, 5.41) is 27.7. The number of aliphatic hydroxyl groups is 2. The summed E-state index contributed by atoms with van der Waals surface area (Å²) >= 11 is 4.94. The molecule has 5 atom stereocenters. The van der Waals surface area contributed by atoms with Gasteiger partial charge >= 0.3 is 80.9 Å². The van der Waals surface area contributed by atoms with E-state index < -0.39 is 24.6 Å². The van der Waals surface area contributed by atoms with Crippen molar-refractivity contribution in [3.63, 3.8) is 0 Å². The fourth-order valence-electron chi connectivity index (χ4n) is 4.08. The van der Waals surface area contributed by atoms with Gasteiger partial charge in [-0.3, -0.25) is 6.29 Å². The zero-order valence-corrected chi connectivity index (χ0v) is 31.0. The molecule has 1 aliphatic heterocycles. The fraction of sp³-hybridized carbons (Fsp3) is 0.467. The van der Waals surface area contributed by atoms with Crippen LogP contribution in [-0.2, 0) is 31.7 Å². The predicted octanol–water partition coefficient (Wildman–Crippen LogP) is -2.99. The molecule has 0 radical (unpaired) electrons. The molecule has 41 heavy (non-hydrogen) atoms. The van der Waals surface area contributed by atoms with Gasteiger partial charge in [0, 0.05) is 25.3 Å². The van der Waals surface area contributed by atoms with E-state index in [0.29, 0.717) is 31.7 Å². The minimum Gasteiger partial charge on any atom is -0.793 e. The first-order valence-corrected chi connectivity index (χ1v) is 13.6. The van der Waals surface area contributed by atoms with Crippen LogP contribution in [-0.4, -0.2) is 79.4 Å². The summed E-state index contributed by atoms with van der Waals surface area (Å²) in [6.07, 6.45) is 1.25. The van der Waals surface area contributed by atoms with Crippen LogP contribution in [0.25, 0.3) is 16.8 Å². The van der Waals surface area contributed by atoms with Gasteiger partial charge in [0.15, 0.2) is 6.29 Å². The van der Waals surface area contributed by atoms with Gasteiger partial charge in [-0.25, -0.2) is 0 Å². The van der Waals surface area contributed by atoms with Crippen molar-refractivity contribution in [1.29, 1.82) is 0 Å². The van der Waals surface area contributed by atoms with E-state index in [1.54, 1.807) is 7.05 Å². The molecule has 8 nitrogen and oxygen atoms in total. The molecular formula is C30H42KN2NaO6S. The first-order chi connectivity index (χ1) is 18.9. The largest absolute Gasteiger partial charge is 1.00 e. The van der Waals surface area contributed by atoms with Gasteiger partial charge in [-0.05, 0) is 37.1 Å². The van der Waals surface area contributed by atoms with Crippen LogP contribution in [0.5, 0.6) is 0 Å². The predicted molar refractivity (Wildman–Crippen MR) is 158 cm³/mol. The SMILES string of the molecule is C=C(NCCC(O)C1OC(OCCC[S-])CC(O)[C@H]1NC)c1ccc(-c2ccccc2)cc1.CC=O.C[C-]=O.[K+].[Na+]. The molecule has 3 rings (SSSR count). The van der Waals surface area contributed by atoms with Gasteiger partial charge in [0.2, 0.25) is 0 Å². The molecule has 0 aromatic heterocycles. The number of ether oxygens (including phenoxy) is 2. The molecule has 0 aliphatic carbocycles. The third-order valence-electron chi connectivity index (χ3n) is 5.94. The molecule has 4 N–H and O–H groups in total. The summed E-state index contributed by atoms with van der Waals surface area (Å²) in [7, 11) is 1.76. The quantitative estimate of drug-likeness (QED) is 0.0649. The Hall–Kier alpha value is 0.106. The van der Waals surface area contributed by atoms with Crippen molar-refractivity contribution in [2.24, 2.45) is 0 Å². The van der Waals surface area contributed by atoms with E-state index in [0.717, 1.165) is 29.5 Å². The molecule has 4 unspecified atom stereocenters. The molecule has 11 heteroatoms. The summed E-state index contributed by atoms with van der Waals surface area (Å²) in [6, 6.07) is 18.1. The van der Waals surface area contributed by atoms with E-state index in [2.05, 4.69) is 41.5 Å². The summed E-state index contributed by atoms with van der Waals surface area (Å²) < 4.78 is 11.7. The van der Waals surface area contributed by atoms with Gasteiger partial charge < -0.3 is 52.5 Å². The average Bonchev–Trinajstić information content (AvgIpc) is 2.94. The zero-order chi connectivity index (χ0) is 29.0. The van der Waals surface area contributed by atoms with Crippen LogP contribution in [0.4, 0.5) is 0 Å². The Balaban J connectivity index is 0. The van der Waals surface area contributed by atoms with Crippen molar-refractivity contribution in [2.45, 2.75) is 63.8 Å². The van der Waals surface area contributed by atoms with Crippen molar-refractivity contribution >= 4 is 30.9 Å². The number of benzene rings is 2. The molecule has 2 aromatic rings. The number of carbonyl (C=O) groups excluding carboxylic acids is 2. The van der Waals surface area contributed by atoms with Crippen LogP contribution in [0.15, 0.2) is 61.2 Å². The van der Waals surface area contributed by atoms with Crippen LogP contribution in [0.3, 0.4) is 0 Å². The van der Waals surface area contributed by atoms with E-state index in [-0.39, 0.29) is 87.0 Å². The van der Waals surface area contributed by atoms with Crippen LogP contribution in [0.1, 0.15) is 38.7 Å². The maximum absolute atomic E-state index is 10.8. The normalized spacial score (nSPS) is 19.8. The molecule has 2 aromatic carbocycles. The van der Waals surface area contributed by atoms with E-state index in [1.165, 1.54) is 25.7 Å². The Kier molecular flexibility index (Phi) is 27.9. The topological polar surface area (TPSA) is 117 Å². The van der Waals surface area contributed by atoms with Crippen molar-refractivity contribution in [2.75, 3.05) is 26.0 Å². The fourth-order valence-corrected chi connectivity index (χ4v) is 4.20. The van der Waals surface area contributed by atoms with Crippen molar-refractivity contribution in [3.8, 4) is 11.1 Å². The van der Waals surface area contributed by atoms with Crippen LogP contribution < -0.4 is 91.6 Å². The summed E-state index contributed by atoms with van der Waals surface area (Å²) in [5.41, 5.74) is 4.11. The van der Waals surface area contributed by atoms with Gasteiger partial charge in [0.25, 0.3) is 0 Å². The van der Waals surface area contributed by atoms with Crippen LogP contribution >= 0.6 is 0 Å². The van der Waals surface area contributed by atoms with Gasteiger partial charge in [0.1, 0.15) is 12.4 Å². The molecule has 216 valence electrons. The second-order valence-electron chi connectivity index (χ2n) is 8.72. The first kappa shape index (κ1) is 43.2. The third-order valence-corrected chi connectivity index (χ3v) is 6.22. The third kappa shape index (κ3) is 16.7. The summed E-state index contributed by atoms with van der Waals surface area (Å²) in [6.45, 7) is 7.90.